The summed E-state index contributed by atoms with van der Waals surface area (Å²) in [5, 5.41) is 0. The molecule has 0 atom stereocenters. The van der Waals surface area contributed by atoms with E-state index in [0.717, 1.165) is 0 Å². The van der Waals surface area contributed by atoms with E-state index in [9.17, 15) is 4.79 Å². The Morgan fingerprint density at radius 3 is 1.39 bits per heavy atom. The van der Waals surface area contributed by atoms with E-state index in [2.05, 4.69) is 62.3 Å². The van der Waals surface area contributed by atoms with Gasteiger partial charge in [-0.1, -0.05) is 11.8 Å². The summed E-state index contributed by atoms with van der Waals surface area (Å²) in [5.41, 5.74) is 2.60. The Kier molecular flexibility index (Phi) is 7.54. The third-order valence-electron chi connectivity index (χ3n) is 4.07. The maximum absolute atomic E-state index is 12.1. The van der Waals surface area contributed by atoms with Crippen LogP contribution < -0.4 is 14.9 Å². The summed E-state index contributed by atoms with van der Waals surface area (Å²) < 4.78 is 10.5. The standard InChI is InChI=1S/C27H19N3O3/c1-5-7-19-15-26(32-3)17-23(28-19)11-9-21-13-25(31)14-22(30-21)10-12-24-18-27(33-4)16-20(29-24)8-6-2/h13-18H,1-4H3,(H,30,31). The zero-order valence-corrected chi connectivity index (χ0v) is 18.6. The molecular weight excluding hydrogens is 414 g/mol. The first-order valence-corrected chi connectivity index (χ1v) is 9.79. The van der Waals surface area contributed by atoms with Gasteiger partial charge in [0.1, 0.15) is 34.3 Å². The van der Waals surface area contributed by atoms with Crippen LogP contribution in [0.4, 0.5) is 0 Å². The number of methoxy groups -OCH3 is 2. The number of rotatable bonds is 2. The van der Waals surface area contributed by atoms with Crippen LogP contribution in [0.5, 0.6) is 11.5 Å². The number of nitrogens with zero attached hydrogens (tertiary/aromatic N) is 2. The second kappa shape index (κ2) is 10.9. The molecule has 0 saturated heterocycles. The zero-order chi connectivity index (χ0) is 23.6. The van der Waals surface area contributed by atoms with Crippen molar-refractivity contribution in [2.24, 2.45) is 0 Å². The molecule has 0 radical (unpaired) electrons. The quantitative estimate of drug-likeness (QED) is 0.629. The zero-order valence-electron chi connectivity index (χ0n) is 18.6. The van der Waals surface area contributed by atoms with Gasteiger partial charge < -0.3 is 14.5 Å². The van der Waals surface area contributed by atoms with Crippen molar-refractivity contribution in [3.63, 3.8) is 0 Å². The summed E-state index contributed by atoms with van der Waals surface area (Å²) in [4.78, 5) is 23.9. The van der Waals surface area contributed by atoms with E-state index in [1.165, 1.54) is 12.1 Å². The average Bonchev–Trinajstić information content (AvgIpc) is 2.81. The summed E-state index contributed by atoms with van der Waals surface area (Å²) in [5.74, 6) is 24.2. The lowest BCUT2D eigenvalue weighted by atomic mass is 10.2. The summed E-state index contributed by atoms with van der Waals surface area (Å²) >= 11 is 0. The van der Waals surface area contributed by atoms with Crippen LogP contribution in [0.2, 0.25) is 0 Å². The van der Waals surface area contributed by atoms with Gasteiger partial charge in [0.05, 0.1) is 25.6 Å². The summed E-state index contributed by atoms with van der Waals surface area (Å²) in [6.07, 6.45) is 0. The molecule has 6 nitrogen and oxygen atoms in total. The first kappa shape index (κ1) is 22.8. The first-order chi connectivity index (χ1) is 16.0. The highest BCUT2D eigenvalue weighted by molar-refractivity contribution is 5.46. The van der Waals surface area contributed by atoms with E-state index >= 15 is 0 Å². The Labute approximate surface area is 192 Å². The molecule has 3 heterocycles. The molecule has 0 aromatic carbocycles. The van der Waals surface area contributed by atoms with Gasteiger partial charge in [0, 0.05) is 36.4 Å². The molecule has 0 fully saturated rings. The molecule has 0 saturated carbocycles. The average molecular weight is 433 g/mol. The van der Waals surface area contributed by atoms with Crippen molar-refractivity contribution < 1.29 is 9.47 Å². The smallest absolute Gasteiger partial charge is 0.184 e. The van der Waals surface area contributed by atoms with E-state index in [1.807, 2.05) is 0 Å². The number of hydrogen-bond donors (Lipinski definition) is 1. The van der Waals surface area contributed by atoms with Gasteiger partial charge in [-0.3, -0.25) is 4.79 Å². The Morgan fingerprint density at radius 2 is 1.03 bits per heavy atom. The minimum Gasteiger partial charge on any atom is -0.497 e. The normalized spacial score (nSPS) is 8.97. The van der Waals surface area contributed by atoms with E-state index in [1.54, 1.807) is 52.3 Å². The van der Waals surface area contributed by atoms with Crippen molar-refractivity contribution in [1.82, 2.24) is 15.0 Å². The van der Waals surface area contributed by atoms with Crippen LogP contribution in [0.25, 0.3) is 0 Å². The molecule has 3 rings (SSSR count). The fourth-order valence-corrected chi connectivity index (χ4v) is 2.70. The minimum atomic E-state index is -0.227. The van der Waals surface area contributed by atoms with Gasteiger partial charge in [-0.15, -0.1) is 0 Å². The van der Waals surface area contributed by atoms with Gasteiger partial charge in [-0.2, -0.15) is 0 Å². The molecule has 160 valence electrons. The van der Waals surface area contributed by atoms with E-state index in [0.29, 0.717) is 45.7 Å². The Bertz CT molecular complexity index is 1390. The predicted molar refractivity (Wildman–Crippen MR) is 126 cm³/mol. The van der Waals surface area contributed by atoms with E-state index < -0.39 is 0 Å². The number of nitrogens with one attached hydrogen (secondary N) is 1. The molecule has 0 bridgehead atoms. The Hall–Kier alpha value is -4.91. The van der Waals surface area contributed by atoms with Crippen molar-refractivity contribution in [3.05, 3.63) is 80.8 Å². The highest BCUT2D eigenvalue weighted by Gasteiger charge is 2.02. The van der Waals surface area contributed by atoms with Crippen LogP contribution in [0, 0.1) is 47.4 Å². The van der Waals surface area contributed by atoms with Crippen molar-refractivity contribution in [2.45, 2.75) is 13.8 Å². The number of H-pyrrole nitrogens is 1. The van der Waals surface area contributed by atoms with Crippen LogP contribution >= 0.6 is 0 Å². The molecule has 6 heteroatoms. The molecule has 0 unspecified atom stereocenters. The van der Waals surface area contributed by atoms with Gasteiger partial charge in [0.25, 0.3) is 0 Å². The molecule has 1 N–H and O–H groups in total. The SMILES string of the molecule is CC#Cc1cc(OC)cc(C#Cc2cc(=O)cc(C#Cc3cc(OC)cc(C#CC)n3)[nH]2)n1. The van der Waals surface area contributed by atoms with Gasteiger partial charge in [0.2, 0.25) is 0 Å². The third kappa shape index (κ3) is 6.53. The molecule has 0 amide bonds. The summed E-state index contributed by atoms with van der Waals surface area (Å²) in [7, 11) is 3.12. The van der Waals surface area contributed by atoms with Crippen LogP contribution in [-0.2, 0) is 0 Å². The van der Waals surface area contributed by atoms with Crippen LogP contribution in [0.1, 0.15) is 48.0 Å². The molecule has 3 aromatic rings. The van der Waals surface area contributed by atoms with Crippen LogP contribution in [0.15, 0.2) is 41.2 Å². The van der Waals surface area contributed by atoms with E-state index in [4.69, 9.17) is 9.47 Å². The van der Waals surface area contributed by atoms with Gasteiger partial charge in [-0.25, -0.2) is 9.97 Å². The lowest BCUT2D eigenvalue weighted by Crippen LogP contribution is -2.03. The number of ether oxygens (including phenoxy) is 2. The molecule has 0 aliphatic heterocycles. The molecule has 0 aliphatic carbocycles. The summed E-state index contributed by atoms with van der Waals surface area (Å²) in [6, 6.07) is 9.63. The molecule has 33 heavy (non-hydrogen) atoms. The highest BCUT2D eigenvalue weighted by atomic mass is 16.5. The van der Waals surface area contributed by atoms with Gasteiger partial charge >= 0.3 is 0 Å². The number of aromatic nitrogens is 3. The van der Waals surface area contributed by atoms with Crippen molar-refractivity contribution in [2.75, 3.05) is 14.2 Å². The Morgan fingerprint density at radius 1 is 0.636 bits per heavy atom. The highest BCUT2D eigenvalue weighted by Crippen LogP contribution is 2.14. The largest absolute Gasteiger partial charge is 0.497 e. The molecule has 0 spiro atoms. The van der Waals surface area contributed by atoms with Crippen molar-refractivity contribution in [3.8, 4) is 58.9 Å². The van der Waals surface area contributed by atoms with E-state index in [-0.39, 0.29) is 5.43 Å². The molecule has 0 aliphatic rings. The number of hydrogen-bond acceptors (Lipinski definition) is 5. The summed E-state index contributed by atoms with van der Waals surface area (Å²) in [6.45, 7) is 3.45. The van der Waals surface area contributed by atoms with Gasteiger partial charge in [0.15, 0.2) is 5.43 Å². The second-order valence-electron chi connectivity index (χ2n) is 6.45. The number of pyridine rings is 3. The topological polar surface area (TPSA) is 77.1 Å². The molecule has 3 aromatic heterocycles. The maximum Gasteiger partial charge on any atom is 0.184 e. The predicted octanol–water partition coefficient (Wildman–Crippen LogP) is 2.72. The maximum atomic E-state index is 12.1. The Balaban J connectivity index is 1.95. The monoisotopic (exact) mass is 433 g/mol. The molecular formula is C27H19N3O3. The van der Waals surface area contributed by atoms with Crippen LogP contribution in [0.3, 0.4) is 0 Å². The third-order valence-corrected chi connectivity index (χ3v) is 4.07. The van der Waals surface area contributed by atoms with Crippen LogP contribution in [-0.4, -0.2) is 29.2 Å². The fraction of sp³-hybridized carbons (Fsp3) is 0.148. The minimum absolute atomic E-state index is 0.227. The lowest BCUT2D eigenvalue weighted by molar-refractivity contribution is 0.414. The number of aromatic amines is 1. The first-order valence-electron chi connectivity index (χ1n) is 9.79. The van der Waals surface area contributed by atoms with Gasteiger partial charge in [-0.05, 0) is 49.4 Å². The lowest BCUT2D eigenvalue weighted by Gasteiger charge is -2.01. The van der Waals surface area contributed by atoms with Crippen molar-refractivity contribution >= 4 is 0 Å². The second-order valence-corrected chi connectivity index (χ2v) is 6.45. The van der Waals surface area contributed by atoms with Crippen molar-refractivity contribution in [1.29, 1.82) is 0 Å². The fourth-order valence-electron chi connectivity index (χ4n) is 2.70.